The van der Waals surface area contributed by atoms with E-state index in [2.05, 4.69) is 5.32 Å². The largest absolute Gasteiger partial charge is 0.467 e. The minimum atomic E-state index is -0.431. The van der Waals surface area contributed by atoms with Crippen LogP contribution in [-0.2, 0) is 4.79 Å². The first-order valence-electron chi connectivity index (χ1n) is 5.61. The average molecular weight is 223 g/mol. The molecule has 1 amide bonds. The Kier molecular flexibility index (Phi) is 3.01. The number of nitrogens with one attached hydrogen (secondary N) is 1. The lowest BCUT2D eigenvalue weighted by molar-refractivity contribution is -0.135. The molecular formula is C12H17NO3. The number of carbonyl (C=O) groups is 1. The Morgan fingerprint density at radius 1 is 1.69 bits per heavy atom. The van der Waals surface area contributed by atoms with Gasteiger partial charge in [-0.05, 0) is 25.0 Å². The van der Waals surface area contributed by atoms with Crippen molar-refractivity contribution in [3.05, 3.63) is 24.2 Å². The molecule has 0 aromatic carbocycles. The molecule has 1 fully saturated rings. The van der Waals surface area contributed by atoms with Crippen LogP contribution in [0, 0.1) is 5.41 Å². The molecule has 1 aliphatic rings. The van der Waals surface area contributed by atoms with Gasteiger partial charge < -0.3 is 14.8 Å². The zero-order chi connectivity index (χ0) is 11.6. The number of hydrogen-bond acceptors (Lipinski definition) is 3. The van der Waals surface area contributed by atoms with Gasteiger partial charge in [0.05, 0.1) is 12.9 Å². The van der Waals surface area contributed by atoms with E-state index in [0.29, 0.717) is 5.76 Å². The molecule has 4 heteroatoms. The fourth-order valence-corrected chi connectivity index (χ4v) is 1.96. The van der Waals surface area contributed by atoms with Crippen LogP contribution in [0.1, 0.15) is 38.0 Å². The van der Waals surface area contributed by atoms with Crippen LogP contribution < -0.4 is 5.32 Å². The van der Waals surface area contributed by atoms with Crippen LogP contribution in [0.15, 0.2) is 22.8 Å². The first kappa shape index (κ1) is 11.2. The second kappa shape index (κ2) is 4.29. The fraction of sp³-hybridized carbons (Fsp3) is 0.583. The highest BCUT2D eigenvalue weighted by atomic mass is 16.3. The molecule has 1 saturated carbocycles. The van der Waals surface area contributed by atoms with Gasteiger partial charge in [-0.25, -0.2) is 0 Å². The molecule has 0 saturated heterocycles. The van der Waals surface area contributed by atoms with Gasteiger partial charge in [-0.3, -0.25) is 4.79 Å². The van der Waals surface area contributed by atoms with E-state index < -0.39 is 6.04 Å². The predicted octanol–water partition coefficient (Wildman–Crippen LogP) is 1.62. The van der Waals surface area contributed by atoms with E-state index in [1.807, 2.05) is 6.92 Å². The van der Waals surface area contributed by atoms with Crippen molar-refractivity contribution >= 4 is 5.91 Å². The summed E-state index contributed by atoms with van der Waals surface area (Å²) in [7, 11) is 0. The van der Waals surface area contributed by atoms with E-state index in [1.54, 1.807) is 12.1 Å². The Hall–Kier alpha value is -1.29. The molecule has 0 bridgehead atoms. The molecular weight excluding hydrogens is 206 g/mol. The normalized spacial score (nSPS) is 19.9. The number of furan rings is 1. The monoisotopic (exact) mass is 223 g/mol. The summed E-state index contributed by atoms with van der Waals surface area (Å²) in [5, 5.41) is 12.1. The molecule has 0 spiro atoms. The predicted molar refractivity (Wildman–Crippen MR) is 58.6 cm³/mol. The van der Waals surface area contributed by atoms with E-state index in [0.717, 1.165) is 19.3 Å². The summed E-state index contributed by atoms with van der Waals surface area (Å²) < 4.78 is 5.18. The average Bonchev–Trinajstić information content (AvgIpc) is 2.75. The van der Waals surface area contributed by atoms with Crippen molar-refractivity contribution in [1.29, 1.82) is 0 Å². The van der Waals surface area contributed by atoms with Crippen LogP contribution in [0.2, 0.25) is 0 Å². The lowest BCUT2D eigenvalue weighted by atomic mass is 9.69. The molecule has 1 aliphatic carbocycles. The SMILES string of the molecule is CC1(C(=O)NC(CO)c2ccco2)CCC1. The van der Waals surface area contributed by atoms with Crippen molar-refractivity contribution in [3.8, 4) is 0 Å². The summed E-state index contributed by atoms with van der Waals surface area (Å²) in [6.07, 6.45) is 4.49. The zero-order valence-corrected chi connectivity index (χ0v) is 9.40. The molecule has 1 heterocycles. The van der Waals surface area contributed by atoms with Gasteiger partial charge in [0, 0.05) is 5.41 Å². The minimum Gasteiger partial charge on any atom is -0.467 e. The standard InChI is InChI=1S/C12H17NO3/c1-12(5-3-6-12)11(15)13-9(8-14)10-4-2-7-16-10/h2,4,7,9,14H,3,5-6,8H2,1H3,(H,13,15). The van der Waals surface area contributed by atoms with Crippen molar-refractivity contribution in [1.82, 2.24) is 5.32 Å². The number of aliphatic hydroxyl groups excluding tert-OH is 1. The summed E-state index contributed by atoms with van der Waals surface area (Å²) in [6.45, 7) is 1.82. The molecule has 88 valence electrons. The topological polar surface area (TPSA) is 62.5 Å². The summed E-state index contributed by atoms with van der Waals surface area (Å²) in [6, 6.07) is 3.07. The second-order valence-electron chi connectivity index (χ2n) is 4.64. The Morgan fingerprint density at radius 3 is 2.88 bits per heavy atom. The van der Waals surface area contributed by atoms with Crippen LogP contribution in [0.25, 0.3) is 0 Å². The van der Waals surface area contributed by atoms with Gasteiger partial charge in [-0.15, -0.1) is 0 Å². The van der Waals surface area contributed by atoms with Gasteiger partial charge in [0.1, 0.15) is 11.8 Å². The van der Waals surface area contributed by atoms with Gasteiger partial charge in [-0.1, -0.05) is 13.3 Å². The molecule has 1 unspecified atom stereocenters. The molecule has 0 aliphatic heterocycles. The maximum atomic E-state index is 11.9. The first-order valence-corrected chi connectivity index (χ1v) is 5.61. The highest BCUT2D eigenvalue weighted by Crippen LogP contribution is 2.40. The molecule has 2 N–H and O–H groups in total. The van der Waals surface area contributed by atoms with Gasteiger partial charge in [-0.2, -0.15) is 0 Å². The fourth-order valence-electron chi connectivity index (χ4n) is 1.96. The van der Waals surface area contributed by atoms with Gasteiger partial charge in [0.15, 0.2) is 0 Å². The van der Waals surface area contributed by atoms with Crippen LogP contribution in [-0.4, -0.2) is 17.6 Å². The number of aliphatic hydroxyl groups is 1. The van der Waals surface area contributed by atoms with E-state index in [1.165, 1.54) is 6.26 Å². The molecule has 1 aromatic heterocycles. The third kappa shape index (κ3) is 1.97. The maximum absolute atomic E-state index is 11.9. The van der Waals surface area contributed by atoms with Crippen LogP contribution in [0.3, 0.4) is 0 Å². The highest BCUT2D eigenvalue weighted by Gasteiger charge is 2.40. The third-order valence-electron chi connectivity index (χ3n) is 3.38. The number of amides is 1. The van der Waals surface area contributed by atoms with Crippen molar-refractivity contribution in [2.75, 3.05) is 6.61 Å². The first-order chi connectivity index (χ1) is 7.65. The summed E-state index contributed by atoms with van der Waals surface area (Å²) in [4.78, 5) is 11.9. The van der Waals surface area contributed by atoms with Crippen LogP contribution >= 0.6 is 0 Å². The summed E-state index contributed by atoms with van der Waals surface area (Å²) >= 11 is 0. The molecule has 1 aromatic rings. The molecule has 4 nitrogen and oxygen atoms in total. The highest BCUT2D eigenvalue weighted by molar-refractivity contribution is 5.83. The van der Waals surface area contributed by atoms with E-state index in [4.69, 9.17) is 4.42 Å². The van der Waals surface area contributed by atoms with Crippen molar-refractivity contribution in [2.45, 2.75) is 32.2 Å². The number of rotatable bonds is 4. The Morgan fingerprint density at radius 2 is 2.44 bits per heavy atom. The van der Waals surface area contributed by atoms with Crippen LogP contribution in [0.4, 0.5) is 0 Å². The minimum absolute atomic E-state index is 0.00852. The van der Waals surface area contributed by atoms with Crippen LogP contribution in [0.5, 0.6) is 0 Å². The smallest absolute Gasteiger partial charge is 0.226 e. The van der Waals surface area contributed by atoms with Gasteiger partial charge >= 0.3 is 0 Å². The summed E-state index contributed by atoms with van der Waals surface area (Å²) in [5.74, 6) is 0.605. The Labute approximate surface area is 94.6 Å². The summed E-state index contributed by atoms with van der Waals surface area (Å²) in [5.41, 5.74) is -0.250. The van der Waals surface area contributed by atoms with Gasteiger partial charge in [0.25, 0.3) is 0 Å². The third-order valence-corrected chi connectivity index (χ3v) is 3.38. The molecule has 1 atom stereocenters. The van der Waals surface area contributed by atoms with E-state index >= 15 is 0 Å². The van der Waals surface area contributed by atoms with Crippen molar-refractivity contribution in [2.24, 2.45) is 5.41 Å². The quantitative estimate of drug-likeness (QED) is 0.815. The second-order valence-corrected chi connectivity index (χ2v) is 4.64. The number of carbonyl (C=O) groups excluding carboxylic acids is 1. The lowest BCUT2D eigenvalue weighted by Gasteiger charge is -2.37. The molecule has 2 rings (SSSR count). The maximum Gasteiger partial charge on any atom is 0.226 e. The number of hydrogen-bond donors (Lipinski definition) is 2. The van der Waals surface area contributed by atoms with Crippen molar-refractivity contribution < 1.29 is 14.3 Å². The van der Waals surface area contributed by atoms with E-state index in [9.17, 15) is 9.90 Å². The van der Waals surface area contributed by atoms with E-state index in [-0.39, 0.29) is 17.9 Å². The molecule has 16 heavy (non-hydrogen) atoms. The Balaban J connectivity index is 1.99. The zero-order valence-electron chi connectivity index (χ0n) is 9.40. The Bertz CT molecular complexity index is 354. The van der Waals surface area contributed by atoms with Gasteiger partial charge in [0.2, 0.25) is 5.91 Å². The molecule has 0 radical (unpaired) electrons. The van der Waals surface area contributed by atoms with Crippen molar-refractivity contribution in [3.63, 3.8) is 0 Å². The lowest BCUT2D eigenvalue weighted by Crippen LogP contribution is -2.45.